The monoisotopic (exact) mass is 277 g/mol. The Labute approximate surface area is 117 Å². The lowest BCUT2D eigenvalue weighted by atomic mass is 9.89. The van der Waals surface area contributed by atoms with E-state index in [0.29, 0.717) is 29.6 Å². The van der Waals surface area contributed by atoms with Gasteiger partial charge in [-0.05, 0) is 12.8 Å². The number of hydrogen-bond acceptors (Lipinski definition) is 5. The molecule has 0 radical (unpaired) electrons. The minimum Gasteiger partial charge on any atom is -0.493 e. The number of imidazole rings is 1. The van der Waals surface area contributed by atoms with Gasteiger partial charge in [-0.2, -0.15) is 0 Å². The highest BCUT2D eigenvalue weighted by Crippen LogP contribution is 2.40. The van der Waals surface area contributed by atoms with Crippen molar-refractivity contribution in [3.8, 4) is 11.5 Å². The van der Waals surface area contributed by atoms with Crippen LogP contribution in [-0.2, 0) is 4.74 Å². The first-order valence-electron chi connectivity index (χ1n) is 6.60. The summed E-state index contributed by atoms with van der Waals surface area (Å²) in [5.74, 6) is 1.87. The highest BCUT2D eigenvalue weighted by Gasteiger charge is 2.33. The second-order valence-corrected chi connectivity index (χ2v) is 5.02. The molecule has 20 heavy (non-hydrogen) atoms. The molecule has 1 fully saturated rings. The van der Waals surface area contributed by atoms with Crippen LogP contribution in [0.5, 0.6) is 11.5 Å². The van der Waals surface area contributed by atoms with Gasteiger partial charge in [0, 0.05) is 25.3 Å². The molecule has 0 aliphatic heterocycles. The summed E-state index contributed by atoms with van der Waals surface area (Å²) in [6.07, 6.45) is 2.23. The smallest absolute Gasteiger partial charge is 0.201 e. The molecule has 1 heterocycles. The fraction of sp³-hybridized carbons (Fsp3) is 0.500. The second kappa shape index (κ2) is 4.86. The summed E-state index contributed by atoms with van der Waals surface area (Å²) in [6, 6.07) is 4.12. The third-order valence-corrected chi connectivity index (χ3v) is 3.99. The third kappa shape index (κ3) is 1.87. The molecule has 0 unspecified atom stereocenters. The van der Waals surface area contributed by atoms with Gasteiger partial charge in [-0.15, -0.1) is 0 Å². The molecule has 6 nitrogen and oxygen atoms in total. The number of nitrogens with zero attached hydrogens (tertiary/aromatic N) is 2. The molecule has 1 saturated carbocycles. The van der Waals surface area contributed by atoms with E-state index in [1.807, 2.05) is 12.1 Å². The number of anilines is 1. The number of aromatic nitrogens is 2. The lowest BCUT2D eigenvalue weighted by Crippen LogP contribution is -2.33. The van der Waals surface area contributed by atoms with Gasteiger partial charge < -0.3 is 24.5 Å². The summed E-state index contributed by atoms with van der Waals surface area (Å²) in [7, 11) is 4.97. The van der Waals surface area contributed by atoms with Gasteiger partial charge in [0.25, 0.3) is 0 Å². The third-order valence-electron chi connectivity index (χ3n) is 3.99. The number of fused-ring (bicyclic) bond motifs is 1. The molecule has 6 heteroatoms. The van der Waals surface area contributed by atoms with E-state index in [1.165, 1.54) is 0 Å². The van der Waals surface area contributed by atoms with Gasteiger partial charge in [0.15, 0.2) is 11.5 Å². The first kappa shape index (κ1) is 13.1. The minimum atomic E-state index is 0.317. The number of nitrogens with two attached hydrogens (primary N) is 1. The maximum atomic E-state index is 6.06. The van der Waals surface area contributed by atoms with E-state index in [4.69, 9.17) is 19.9 Å². The van der Waals surface area contributed by atoms with E-state index < -0.39 is 0 Å². The molecule has 0 saturated heterocycles. The van der Waals surface area contributed by atoms with Gasteiger partial charge in [0.05, 0.1) is 31.4 Å². The summed E-state index contributed by atoms with van der Waals surface area (Å²) in [6.45, 7) is 0. The van der Waals surface area contributed by atoms with E-state index in [9.17, 15) is 0 Å². The molecular weight excluding hydrogens is 258 g/mol. The van der Waals surface area contributed by atoms with Crippen LogP contribution in [-0.4, -0.2) is 37.0 Å². The Hall–Kier alpha value is -1.95. The van der Waals surface area contributed by atoms with Crippen LogP contribution in [0.3, 0.4) is 0 Å². The summed E-state index contributed by atoms with van der Waals surface area (Å²) >= 11 is 0. The standard InChI is InChI=1S/C14H19N3O3/c1-18-9-4-8(5-9)17-11-7-13(20-3)12(19-2)6-10(11)16-14(17)15/h6-9H,4-5H2,1-3H3,(H2,15,16). The number of hydrogen-bond donors (Lipinski definition) is 1. The normalized spacial score (nSPS) is 21.8. The lowest BCUT2D eigenvalue weighted by molar-refractivity contribution is 0.00797. The average Bonchev–Trinajstić information content (AvgIpc) is 2.72. The first-order chi connectivity index (χ1) is 9.67. The SMILES string of the molecule is COc1cc2nc(N)n(C3CC(OC)C3)c2cc1OC. The molecule has 0 bridgehead atoms. The highest BCUT2D eigenvalue weighted by molar-refractivity contribution is 5.82. The van der Waals surface area contributed by atoms with Crippen molar-refractivity contribution < 1.29 is 14.2 Å². The second-order valence-electron chi connectivity index (χ2n) is 5.02. The molecule has 2 aromatic rings. The van der Waals surface area contributed by atoms with E-state index in [-0.39, 0.29) is 0 Å². The van der Waals surface area contributed by atoms with Crippen LogP contribution in [0.1, 0.15) is 18.9 Å². The molecule has 1 aliphatic carbocycles. The van der Waals surface area contributed by atoms with E-state index in [0.717, 1.165) is 23.9 Å². The number of nitrogen functional groups attached to an aromatic ring is 1. The minimum absolute atomic E-state index is 0.317. The van der Waals surface area contributed by atoms with E-state index in [1.54, 1.807) is 21.3 Å². The van der Waals surface area contributed by atoms with Crippen molar-refractivity contribution in [1.29, 1.82) is 0 Å². The van der Waals surface area contributed by atoms with Crippen LogP contribution in [0, 0.1) is 0 Å². The van der Waals surface area contributed by atoms with E-state index in [2.05, 4.69) is 9.55 Å². The quantitative estimate of drug-likeness (QED) is 0.925. The van der Waals surface area contributed by atoms with Gasteiger partial charge in [-0.3, -0.25) is 0 Å². The summed E-state index contributed by atoms with van der Waals surface area (Å²) in [5.41, 5.74) is 7.86. The maximum absolute atomic E-state index is 6.06. The number of rotatable bonds is 4. The molecule has 1 aromatic heterocycles. The Kier molecular flexibility index (Phi) is 3.17. The van der Waals surface area contributed by atoms with Crippen molar-refractivity contribution in [2.24, 2.45) is 0 Å². The Balaban J connectivity index is 2.06. The van der Waals surface area contributed by atoms with Crippen LogP contribution in [0.25, 0.3) is 11.0 Å². The molecule has 2 N–H and O–H groups in total. The predicted octanol–water partition coefficient (Wildman–Crippen LogP) is 1.99. The molecule has 0 atom stereocenters. The van der Waals surface area contributed by atoms with Crippen molar-refractivity contribution in [3.05, 3.63) is 12.1 Å². The van der Waals surface area contributed by atoms with Crippen molar-refractivity contribution in [2.75, 3.05) is 27.1 Å². The summed E-state index contributed by atoms with van der Waals surface area (Å²) in [5, 5.41) is 0. The van der Waals surface area contributed by atoms with Crippen LogP contribution >= 0.6 is 0 Å². The Morgan fingerprint density at radius 3 is 2.40 bits per heavy atom. The Morgan fingerprint density at radius 1 is 1.15 bits per heavy atom. The predicted molar refractivity (Wildman–Crippen MR) is 76.3 cm³/mol. The van der Waals surface area contributed by atoms with Crippen LogP contribution in [0.15, 0.2) is 12.1 Å². The van der Waals surface area contributed by atoms with Crippen LogP contribution in [0.4, 0.5) is 5.95 Å². The van der Waals surface area contributed by atoms with Crippen molar-refractivity contribution in [2.45, 2.75) is 25.0 Å². The molecule has 0 spiro atoms. The number of ether oxygens (including phenoxy) is 3. The zero-order chi connectivity index (χ0) is 14.3. The topological polar surface area (TPSA) is 71.5 Å². The number of methoxy groups -OCH3 is 3. The summed E-state index contributed by atoms with van der Waals surface area (Å²) in [4.78, 5) is 4.42. The van der Waals surface area contributed by atoms with Crippen LogP contribution < -0.4 is 15.2 Å². The zero-order valence-electron chi connectivity index (χ0n) is 11.9. The zero-order valence-corrected chi connectivity index (χ0v) is 11.9. The average molecular weight is 277 g/mol. The molecule has 108 valence electrons. The van der Waals surface area contributed by atoms with Crippen molar-refractivity contribution in [1.82, 2.24) is 9.55 Å². The van der Waals surface area contributed by atoms with E-state index >= 15 is 0 Å². The largest absolute Gasteiger partial charge is 0.493 e. The first-order valence-corrected chi connectivity index (χ1v) is 6.60. The highest BCUT2D eigenvalue weighted by atomic mass is 16.5. The number of benzene rings is 1. The fourth-order valence-electron chi connectivity index (χ4n) is 2.77. The van der Waals surface area contributed by atoms with Gasteiger partial charge >= 0.3 is 0 Å². The van der Waals surface area contributed by atoms with Gasteiger partial charge in [-0.25, -0.2) is 4.98 Å². The summed E-state index contributed by atoms with van der Waals surface area (Å²) < 4.78 is 18.0. The Bertz CT molecular complexity index is 632. The molecule has 1 aliphatic rings. The molecule has 3 rings (SSSR count). The maximum Gasteiger partial charge on any atom is 0.201 e. The fourth-order valence-corrected chi connectivity index (χ4v) is 2.77. The molecular formula is C14H19N3O3. The Morgan fingerprint density at radius 2 is 1.80 bits per heavy atom. The van der Waals surface area contributed by atoms with Gasteiger partial charge in [0.1, 0.15) is 0 Å². The van der Waals surface area contributed by atoms with Crippen molar-refractivity contribution in [3.63, 3.8) is 0 Å². The van der Waals surface area contributed by atoms with Gasteiger partial charge in [0.2, 0.25) is 5.95 Å². The van der Waals surface area contributed by atoms with Crippen molar-refractivity contribution >= 4 is 17.0 Å². The van der Waals surface area contributed by atoms with Gasteiger partial charge in [-0.1, -0.05) is 0 Å². The molecule has 1 aromatic carbocycles. The lowest BCUT2D eigenvalue weighted by Gasteiger charge is -2.35. The van der Waals surface area contributed by atoms with Crippen LogP contribution in [0.2, 0.25) is 0 Å². The molecule has 0 amide bonds.